The molecule has 0 bridgehead atoms. The highest BCUT2D eigenvalue weighted by molar-refractivity contribution is 5.80. The maximum Gasteiger partial charge on any atom is 0.225 e. The summed E-state index contributed by atoms with van der Waals surface area (Å²) in [6.45, 7) is 5.29. The Bertz CT molecular complexity index is 592. The fourth-order valence-corrected chi connectivity index (χ4v) is 3.59. The van der Waals surface area contributed by atoms with E-state index < -0.39 is 0 Å². The van der Waals surface area contributed by atoms with E-state index in [-0.39, 0.29) is 17.7 Å². The van der Waals surface area contributed by atoms with Crippen LogP contribution in [0.25, 0.3) is 0 Å². The maximum absolute atomic E-state index is 12.6. The number of ether oxygens (including phenoxy) is 1. The van der Waals surface area contributed by atoms with Gasteiger partial charge in [0, 0.05) is 45.2 Å². The van der Waals surface area contributed by atoms with E-state index in [9.17, 15) is 9.59 Å². The zero-order chi connectivity index (χ0) is 18.4. The van der Waals surface area contributed by atoms with E-state index in [2.05, 4.69) is 11.9 Å². The Balaban J connectivity index is 1.37. The van der Waals surface area contributed by atoms with Crippen molar-refractivity contribution in [2.45, 2.75) is 19.3 Å². The minimum absolute atomic E-state index is 0.0722. The van der Waals surface area contributed by atoms with Crippen molar-refractivity contribution in [2.75, 3.05) is 52.9 Å². The first-order valence-corrected chi connectivity index (χ1v) is 9.56. The Hall–Kier alpha value is -2.08. The average Bonchev–Trinajstić information content (AvgIpc) is 2.69. The minimum atomic E-state index is 0.0722. The summed E-state index contributed by atoms with van der Waals surface area (Å²) < 4.78 is 5.60. The molecule has 2 aliphatic rings. The van der Waals surface area contributed by atoms with Gasteiger partial charge in [0.05, 0.1) is 13.0 Å². The van der Waals surface area contributed by atoms with E-state index in [4.69, 9.17) is 4.74 Å². The number of piperidine rings is 1. The van der Waals surface area contributed by atoms with Crippen molar-refractivity contribution in [3.63, 3.8) is 0 Å². The molecule has 0 N–H and O–H groups in total. The van der Waals surface area contributed by atoms with Crippen LogP contribution in [0, 0.1) is 5.92 Å². The monoisotopic (exact) mass is 359 g/mol. The highest BCUT2D eigenvalue weighted by Gasteiger charge is 2.31. The summed E-state index contributed by atoms with van der Waals surface area (Å²) in [5.74, 6) is 1.25. The van der Waals surface area contributed by atoms with Crippen molar-refractivity contribution in [2.24, 2.45) is 5.92 Å². The molecule has 1 aromatic carbocycles. The van der Waals surface area contributed by atoms with Crippen LogP contribution in [-0.2, 0) is 9.59 Å². The Labute approximate surface area is 155 Å². The molecule has 3 rings (SSSR count). The number of carbonyl (C=O) groups excluding carboxylic acids is 2. The van der Waals surface area contributed by atoms with Gasteiger partial charge < -0.3 is 19.4 Å². The van der Waals surface area contributed by atoms with Gasteiger partial charge in [-0.2, -0.15) is 0 Å². The van der Waals surface area contributed by atoms with E-state index in [1.807, 2.05) is 40.1 Å². The molecule has 6 nitrogen and oxygen atoms in total. The zero-order valence-corrected chi connectivity index (χ0v) is 15.6. The summed E-state index contributed by atoms with van der Waals surface area (Å²) in [7, 11) is 2.09. The highest BCUT2D eigenvalue weighted by Crippen LogP contribution is 2.21. The van der Waals surface area contributed by atoms with Crippen LogP contribution in [0.15, 0.2) is 30.3 Å². The zero-order valence-electron chi connectivity index (χ0n) is 15.6. The molecule has 2 amide bonds. The molecule has 0 aromatic heterocycles. The van der Waals surface area contributed by atoms with Gasteiger partial charge in [-0.3, -0.25) is 9.59 Å². The largest absolute Gasteiger partial charge is 0.493 e. The Morgan fingerprint density at radius 2 is 1.62 bits per heavy atom. The molecule has 26 heavy (non-hydrogen) atoms. The maximum atomic E-state index is 12.6. The molecule has 2 fully saturated rings. The molecular weight excluding hydrogens is 330 g/mol. The summed E-state index contributed by atoms with van der Waals surface area (Å²) in [6.07, 6.45) is 1.93. The summed E-state index contributed by atoms with van der Waals surface area (Å²) in [4.78, 5) is 31.1. The molecular formula is C20H29N3O3. The summed E-state index contributed by atoms with van der Waals surface area (Å²) in [6, 6.07) is 9.55. The van der Waals surface area contributed by atoms with Crippen LogP contribution >= 0.6 is 0 Å². The van der Waals surface area contributed by atoms with Crippen molar-refractivity contribution in [3.8, 4) is 5.75 Å². The fourth-order valence-electron chi connectivity index (χ4n) is 3.59. The lowest BCUT2D eigenvalue weighted by atomic mass is 9.94. The number of hydrogen-bond acceptors (Lipinski definition) is 4. The molecule has 0 aliphatic carbocycles. The van der Waals surface area contributed by atoms with Crippen LogP contribution in [-0.4, -0.2) is 79.4 Å². The van der Waals surface area contributed by atoms with E-state index >= 15 is 0 Å². The van der Waals surface area contributed by atoms with E-state index in [1.165, 1.54) is 0 Å². The van der Waals surface area contributed by atoms with Crippen LogP contribution in [0.2, 0.25) is 0 Å². The van der Waals surface area contributed by atoms with Gasteiger partial charge in [0.1, 0.15) is 5.75 Å². The van der Waals surface area contributed by atoms with Gasteiger partial charge in [-0.1, -0.05) is 18.2 Å². The second kappa shape index (κ2) is 9.03. The van der Waals surface area contributed by atoms with Gasteiger partial charge in [-0.25, -0.2) is 0 Å². The van der Waals surface area contributed by atoms with Gasteiger partial charge in [0.25, 0.3) is 0 Å². The van der Waals surface area contributed by atoms with Crippen molar-refractivity contribution >= 4 is 11.8 Å². The number of carbonyl (C=O) groups is 2. The molecule has 0 atom stereocenters. The number of likely N-dealkylation sites (N-methyl/N-ethyl adjacent to an activating group) is 1. The quantitative estimate of drug-likeness (QED) is 0.799. The molecule has 1 aromatic rings. The highest BCUT2D eigenvalue weighted by atomic mass is 16.5. The predicted molar refractivity (Wildman–Crippen MR) is 99.9 cm³/mol. The third kappa shape index (κ3) is 4.97. The van der Waals surface area contributed by atoms with Gasteiger partial charge in [-0.05, 0) is 32.0 Å². The van der Waals surface area contributed by atoms with Gasteiger partial charge in [-0.15, -0.1) is 0 Å². The molecule has 2 heterocycles. The Kier molecular flexibility index (Phi) is 6.50. The SMILES string of the molecule is CN1CCN(C(=O)C2CCN(C(=O)CCOc3ccccc3)CC2)CC1. The first kappa shape index (κ1) is 18.7. The molecule has 2 saturated heterocycles. The first-order valence-electron chi connectivity index (χ1n) is 9.56. The number of amides is 2. The number of nitrogens with zero attached hydrogens (tertiary/aromatic N) is 3. The molecule has 0 saturated carbocycles. The van der Waals surface area contributed by atoms with Crippen LogP contribution in [0.3, 0.4) is 0 Å². The lowest BCUT2D eigenvalue weighted by Gasteiger charge is -2.37. The van der Waals surface area contributed by atoms with Crippen molar-refractivity contribution in [1.29, 1.82) is 0 Å². The molecule has 0 radical (unpaired) electrons. The van der Waals surface area contributed by atoms with Crippen LogP contribution in [0.4, 0.5) is 0 Å². The molecule has 6 heteroatoms. The number of para-hydroxylation sites is 1. The molecule has 2 aliphatic heterocycles. The number of benzene rings is 1. The minimum Gasteiger partial charge on any atom is -0.493 e. The lowest BCUT2D eigenvalue weighted by Crippen LogP contribution is -2.51. The fraction of sp³-hybridized carbons (Fsp3) is 0.600. The Morgan fingerprint density at radius 1 is 0.962 bits per heavy atom. The third-order valence-electron chi connectivity index (χ3n) is 5.34. The van der Waals surface area contributed by atoms with Crippen molar-refractivity contribution < 1.29 is 14.3 Å². The van der Waals surface area contributed by atoms with Crippen LogP contribution in [0.1, 0.15) is 19.3 Å². The smallest absolute Gasteiger partial charge is 0.225 e. The number of hydrogen-bond donors (Lipinski definition) is 0. The van der Waals surface area contributed by atoms with Crippen molar-refractivity contribution in [3.05, 3.63) is 30.3 Å². The topological polar surface area (TPSA) is 53.1 Å². The summed E-state index contributed by atoms with van der Waals surface area (Å²) in [5, 5.41) is 0. The van der Waals surface area contributed by atoms with Crippen LogP contribution < -0.4 is 4.74 Å². The standard InChI is InChI=1S/C20H29N3O3/c1-21-12-14-23(15-13-21)20(25)17-7-10-22(11-8-17)19(24)9-16-26-18-5-3-2-4-6-18/h2-6,17H,7-16H2,1H3. The predicted octanol–water partition coefficient (Wildman–Crippen LogP) is 1.47. The van der Waals surface area contributed by atoms with Crippen molar-refractivity contribution in [1.82, 2.24) is 14.7 Å². The number of likely N-dealkylation sites (tertiary alicyclic amines) is 1. The molecule has 0 unspecified atom stereocenters. The average molecular weight is 359 g/mol. The van der Waals surface area contributed by atoms with E-state index in [0.29, 0.717) is 26.1 Å². The Morgan fingerprint density at radius 3 is 2.27 bits per heavy atom. The summed E-state index contributed by atoms with van der Waals surface area (Å²) in [5.41, 5.74) is 0. The van der Waals surface area contributed by atoms with E-state index in [0.717, 1.165) is 44.8 Å². The number of piperazine rings is 1. The first-order chi connectivity index (χ1) is 12.6. The van der Waals surface area contributed by atoms with Gasteiger partial charge in [0.15, 0.2) is 0 Å². The summed E-state index contributed by atoms with van der Waals surface area (Å²) >= 11 is 0. The second-order valence-electron chi connectivity index (χ2n) is 7.20. The normalized spacial score (nSPS) is 19.4. The molecule has 142 valence electrons. The third-order valence-corrected chi connectivity index (χ3v) is 5.34. The molecule has 0 spiro atoms. The van der Waals surface area contributed by atoms with E-state index in [1.54, 1.807) is 0 Å². The second-order valence-corrected chi connectivity index (χ2v) is 7.20. The van der Waals surface area contributed by atoms with Gasteiger partial charge in [0.2, 0.25) is 11.8 Å². The van der Waals surface area contributed by atoms with Gasteiger partial charge >= 0.3 is 0 Å². The lowest BCUT2D eigenvalue weighted by molar-refractivity contribution is -0.142. The van der Waals surface area contributed by atoms with Crippen LogP contribution in [0.5, 0.6) is 5.75 Å². The number of rotatable bonds is 5.